The van der Waals surface area contributed by atoms with Crippen molar-refractivity contribution >= 4 is 35.1 Å². The maximum atomic E-state index is 14.6. The van der Waals surface area contributed by atoms with E-state index in [1.54, 1.807) is 0 Å². The number of alkyl halides is 1. The van der Waals surface area contributed by atoms with Crippen LogP contribution in [0.25, 0.3) is 5.65 Å². The lowest BCUT2D eigenvalue weighted by Crippen LogP contribution is -2.31. The standard InChI is InChI=1S/C10H15FN5O13P3/c11-5-6(17)4(2-26-31(22,23)29-32(24,25)28-30(19,20)21)27-7(5)3-1-13-8-9(18)14-10(12)15-16(3)8/h1,4-7,17H,2H2,(H,22,23)(H,24,25)(H2,19,20,21)(H3,12,14,15,18). The van der Waals surface area contributed by atoms with Gasteiger partial charge in [-0.2, -0.15) is 8.62 Å². The minimum absolute atomic E-state index is 0.148. The molecule has 8 N–H and O–H groups in total. The molecule has 0 aromatic carbocycles. The first-order valence-corrected chi connectivity index (χ1v) is 12.6. The zero-order valence-corrected chi connectivity index (χ0v) is 17.9. The number of anilines is 1. The number of nitrogens with one attached hydrogen (secondary N) is 1. The second-order valence-corrected chi connectivity index (χ2v) is 10.6. The van der Waals surface area contributed by atoms with E-state index in [1.165, 1.54) is 0 Å². The van der Waals surface area contributed by atoms with Gasteiger partial charge in [0.05, 0.1) is 18.5 Å². The van der Waals surface area contributed by atoms with E-state index < -0.39 is 60.1 Å². The van der Waals surface area contributed by atoms with Crippen LogP contribution in [0.15, 0.2) is 11.0 Å². The zero-order valence-electron chi connectivity index (χ0n) is 15.2. The van der Waals surface area contributed by atoms with Crippen LogP contribution in [0.5, 0.6) is 0 Å². The second-order valence-electron chi connectivity index (χ2n) is 6.17. The quantitative estimate of drug-likeness (QED) is 0.193. The molecule has 1 saturated heterocycles. The number of imidazole rings is 1. The van der Waals surface area contributed by atoms with Crippen LogP contribution in [-0.2, 0) is 31.6 Å². The number of nitrogens with zero attached hydrogens (tertiary/aromatic N) is 3. The van der Waals surface area contributed by atoms with Crippen LogP contribution in [0.1, 0.15) is 11.8 Å². The number of rotatable bonds is 8. The molecule has 0 aliphatic carbocycles. The summed E-state index contributed by atoms with van der Waals surface area (Å²) in [6.45, 7) is -1.09. The number of ether oxygens (including phenoxy) is 1. The highest BCUT2D eigenvalue weighted by molar-refractivity contribution is 7.66. The average molecular weight is 525 g/mol. The van der Waals surface area contributed by atoms with Gasteiger partial charge in [-0.3, -0.25) is 14.3 Å². The molecule has 32 heavy (non-hydrogen) atoms. The van der Waals surface area contributed by atoms with Crippen molar-refractivity contribution in [2.24, 2.45) is 0 Å². The molecule has 0 saturated carbocycles. The summed E-state index contributed by atoms with van der Waals surface area (Å²) in [7, 11) is -16.9. The van der Waals surface area contributed by atoms with Crippen molar-refractivity contribution in [3.63, 3.8) is 0 Å². The summed E-state index contributed by atoms with van der Waals surface area (Å²) in [6, 6.07) is 0. The number of phosphoric ester groups is 1. The number of fused-ring (bicyclic) bond motifs is 1. The molecule has 0 spiro atoms. The molecule has 1 fully saturated rings. The number of aromatic amines is 1. The monoisotopic (exact) mass is 525 g/mol. The molecule has 0 amide bonds. The highest BCUT2D eigenvalue weighted by Crippen LogP contribution is 2.66. The lowest BCUT2D eigenvalue weighted by molar-refractivity contribution is -0.0235. The number of H-pyrrole nitrogens is 1. The number of aliphatic hydroxyl groups is 1. The summed E-state index contributed by atoms with van der Waals surface area (Å²) in [5.74, 6) is -0.333. The molecule has 1 aliphatic heterocycles. The summed E-state index contributed by atoms with van der Waals surface area (Å²) in [5, 5.41) is 13.8. The lowest BCUT2D eigenvalue weighted by atomic mass is 10.1. The van der Waals surface area contributed by atoms with E-state index in [9.17, 15) is 32.9 Å². The molecular weight excluding hydrogens is 510 g/mol. The molecule has 6 unspecified atom stereocenters. The molecule has 180 valence electrons. The van der Waals surface area contributed by atoms with Gasteiger partial charge in [0.1, 0.15) is 18.3 Å². The molecule has 0 radical (unpaired) electrons. The number of nitrogens with two attached hydrogens (primary N) is 1. The van der Waals surface area contributed by atoms with Crippen molar-refractivity contribution in [1.29, 1.82) is 0 Å². The Morgan fingerprint density at radius 3 is 2.50 bits per heavy atom. The van der Waals surface area contributed by atoms with Crippen LogP contribution in [0.3, 0.4) is 0 Å². The van der Waals surface area contributed by atoms with Crippen molar-refractivity contribution in [3.8, 4) is 0 Å². The highest BCUT2D eigenvalue weighted by Gasteiger charge is 2.48. The van der Waals surface area contributed by atoms with Gasteiger partial charge in [0.25, 0.3) is 5.56 Å². The van der Waals surface area contributed by atoms with Gasteiger partial charge in [0.2, 0.25) is 11.6 Å². The van der Waals surface area contributed by atoms with E-state index in [0.717, 1.165) is 10.7 Å². The molecule has 18 nitrogen and oxygen atoms in total. The number of hydrogen-bond acceptors (Lipinski definition) is 12. The third kappa shape index (κ3) is 5.66. The van der Waals surface area contributed by atoms with Crippen LogP contribution in [0.2, 0.25) is 0 Å². The Balaban J connectivity index is 1.72. The number of aliphatic hydroxyl groups excluding tert-OH is 1. The fourth-order valence-corrected chi connectivity index (χ4v) is 5.72. The number of halogens is 1. The number of aromatic nitrogens is 4. The summed E-state index contributed by atoms with van der Waals surface area (Å²) >= 11 is 0. The van der Waals surface area contributed by atoms with Gasteiger partial charge in [-0.05, 0) is 0 Å². The highest BCUT2D eigenvalue weighted by atomic mass is 31.3. The topological polar surface area (TPSA) is 278 Å². The largest absolute Gasteiger partial charge is 0.490 e. The minimum atomic E-state index is -5.76. The van der Waals surface area contributed by atoms with Gasteiger partial charge in [-0.15, -0.1) is 5.10 Å². The van der Waals surface area contributed by atoms with Crippen LogP contribution in [0.4, 0.5) is 10.3 Å². The van der Waals surface area contributed by atoms with E-state index in [0.29, 0.717) is 0 Å². The van der Waals surface area contributed by atoms with E-state index in [-0.39, 0.29) is 17.3 Å². The van der Waals surface area contributed by atoms with Gasteiger partial charge in [0.15, 0.2) is 6.17 Å². The Kier molecular flexibility index (Phi) is 6.76. The van der Waals surface area contributed by atoms with Crippen molar-refractivity contribution < 1.29 is 60.6 Å². The minimum Gasteiger partial charge on any atom is -0.387 e. The van der Waals surface area contributed by atoms with Crippen molar-refractivity contribution in [2.45, 2.75) is 24.5 Å². The Bertz CT molecular complexity index is 1210. The van der Waals surface area contributed by atoms with Crippen molar-refractivity contribution in [2.75, 3.05) is 12.3 Å². The predicted octanol–water partition coefficient (Wildman–Crippen LogP) is -1.52. The van der Waals surface area contributed by atoms with Crippen molar-refractivity contribution in [3.05, 3.63) is 22.2 Å². The average Bonchev–Trinajstić information content (AvgIpc) is 3.12. The smallest absolute Gasteiger partial charge is 0.387 e. The Morgan fingerprint density at radius 2 is 1.88 bits per heavy atom. The van der Waals surface area contributed by atoms with Gasteiger partial charge in [0, 0.05) is 0 Å². The van der Waals surface area contributed by atoms with Crippen LogP contribution in [-0.4, -0.2) is 69.2 Å². The normalized spacial score (nSPS) is 27.9. The van der Waals surface area contributed by atoms with Crippen molar-refractivity contribution in [1.82, 2.24) is 19.6 Å². The molecule has 2 aromatic rings. The van der Waals surface area contributed by atoms with E-state index in [1.807, 2.05) is 0 Å². The number of hydrogen-bond donors (Lipinski definition) is 7. The summed E-state index contributed by atoms with van der Waals surface area (Å²) in [6.07, 6.45) is -6.36. The molecule has 0 bridgehead atoms. The van der Waals surface area contributed by atoms with Crippen LogP contribution in [0, 0.1) is 0 Å². The first-order valence-electron chi connectivity index (χ1n) is 8.08. The Morgan fingerprint density at radius 1 is 1.22 bits per heavy atom. The maximum Gasteiger partial charge on any atom is 0.490 e. The fourth-order valence-electron chi connectivity index (χ4n) is 2.69. The lowest BCUT2D eigenvalue weighted by Gasteiger charge is -2.19. The summed E-state index contributed by atoms with van der Waals surface area (Å²) < 4.78 is 65.8. The number of phosphoric acid groups is 3. The van der Waals surface area contributed by atoms with Gasteiger partial charge in [-0.25, -0.2) is 27.6 Å². The van der Waals surface area contributed by atoms with E-state index >= 15 is 0 Å². The van der Waals surface area contributed by atoms with Crippen LogP contribution >= 0.6 is 23.5 Å². The van der Waals surface area contributed by atoms with Gasteiger partial charge >= 0.3 is 23.5 Å². The SMILES string of the molecule is Nc1nn2c(C3OC(COP(=O)(O)OP(=O)(O)OP(=O)(O)O)C(O)C3F)cnc2c(=O)[nH]1. The predicted molar refractivity (Wildman–Crippen MR) is 96.4 cm³/mol. The molecular formula is C10H15FN5O13P3. The molecule has 1 aliphatic rings. The second kappa shape index (κ2) is 8.64. The third-order valence-electron chi connectivity index (χ3n) is 3.84. The zero-order chi connectivity index (χ0) is 24.1. The van der Waals surface area contributed by atoms with E-state index in [2.05, 4.69) is 28.2 Å². The van der Waals surface area contributed by atoms with Gasteiger partial charge < -0.3 is 35.2 Å². The van der Waals surface area contributed by atoms with Crippen LogP contribution < -0.4 is 11.3 Å². The summed E-state index contributed by atoms with van der Waals surface area (Å²) in [4.78, 5) is 53.2. The molecule has 3 heterocycles. The number of nitrogen functional groups attached to an aromatic ring is 1. The molecule has 22 heteroatoms. The Labute approximate surface area is 175 Å². The maximum absolute atomic E-state index is 14.6. The van der Waals surface area contributed by atoms with Gasteiger partial charge in [-0.1, -0.05) is 0 Å². The molecule has 6 atom stereocenters. The first kappa shape index (κ1) is 25.0. The third-order valence-corrected chi connectivity index (χ3v) is 7.65. The Hall–Kier alpha value is -1.59. The van der Waals surface area contributed by atoms with E-state index in [4.69, 9.17) is 25.2 Å². The molecule has 3 rings (SSSR count). The fraction of sp³-hybridized carbons (Fsp3) is 0.500. The molecule has 2 aromatic heterocycles. The summed E-state index contributed by atoms with van der Waals surface area (Å²) in [5.41, 5.74) is 4.27. The first-order chi connectivity index (χ1) is 14.6.